The molecule has 0 heterocycles. The minimum Gasteiger partial charge on any atom is -0.387 e. The van der Waals surface area contributed by atoms with Crippen molar-refractivity contribution in [3.05, 3.63) is 36.5 Å². The van der Waals surface area contributed by atoms with Gasteiger partial charge in [-0.05, 0) is 44.9 Å². The molecule has 300 valence electrons. The lowest BCUT2D eigenvalue weighted by Gasteiger charge is -2.22. The maximum absolute atomic E-state index is 12.6. The Morgan fingerprint density at radius 3 is 1.29 bits per heavy atom. The Labute approximate surface area is 315 Å². The minimum atomic E-state index is -4.45. The van der Waals surface area contributed by atoms with Crippen molar-refractivity contribution in [1.82, 2.24) is 5.32 Å². The van der Waals surface area contributed by atoms with Crippen LogP contribution in [-0.2, 0) is 14.9 Å². The van der Waals surface area contributed by atoms with Gasteiger partial charge in [-0.15, -0.1) is 0 Å². The van der Waals surface area contributed by atoms with Gasteiger partial charge in [-0.25, -0.2) is 0 Å². The van der Waals surface area contributed by atoms with Crippen LogP contribution < -0.4 is 5.32 Å². The molecule has 0 bridgehead atoms. The van der Waals surface area contributed by atoms with Crippen LogP contribution in [0.3, 0.4) is 0 Å². The molecule has 3 unspecified atom stereocenters. The lowest BCUT2D eigenvalue weighted by molar-refractivity contribution is -0.130. The second-order valence-corrected chi connectivity index (χ2v) is 16.2. The molecule has 3 atom stereocenters. The van der Waals surface area contributed by atoms with Crippen LogP contribution in [0.15, 0.2) is 36.5 Å². The van der Waals surface area contributed by atoms with E-state index in [0.717, 1.165) is 44.9 Å². The molecule has 51 heavy (non-hydrogen) atoms. The summed E-state index contributed by atoms with van der Waals surface area (Å²) >= 11 is 0. The molecule has 4 N–H and O–H groups in total. The molecule has 0 rings (SSSR count). The second-order valence-electron chi connectivity index (χ2n) is 14.8. The molecular weight excluding hydrogens is 659 g/mol. The Kier molecular flexibility index (Phi) is 35.8. The number of hydrogen-bond acceptors (Lipinski definition) is 5. The standard InChI is InChI=1S/C43H81NO6S/c1-3-5-7-9-11-13-15-17-19-20-21-22-24-26-28-30-32-34-36-38-42(46)43(47)44-40(39-51(48,49)50)41(45)37-35-33-31-29-27-25-23-18-16-14-12-10-8-6-4-2/h16,18,27,29,35,37,40-42,45-46H,3-15,17,19-26,28,30-34,36,38-39H2,1-2H3,(H,44,47)(H,48,49,50)/b18-16+,29-27+,37-35+. The average molecular weight is 740 g/mol. The van der Waals surface area contributed by atoms with Crippen LogP contribution >= 0.6 is 0 Å². The van der Waals surface area contributed by atoms with E-state index in [9.17, 15) is 28.0 Å². The van der Waals surface area contributed by atoms with Gasteiger partial charge >= 0.3 is 0 Å². The number of allylic oxidation sites excluding steroid dienone is 5. The van der Waals surface area contributed by atoms with Crippen LogP contribution in [0.2, 0.25) is 0 Å². The number of rotatable bonds is 38. The van der Waals surface area contributed by atoms with E-state index in [1.165, 1.54) is 134 Å². The third-order valence-electron chi connectivity index (χ3n) is 9.65. The number of amides is 1. The van der Waals surface area contributed by atoms with Crippen molar-refractivity contribution >= 4 is 16.0 Å². The first-order valence-corrected chi connectivity index (χ1v) is 22.9. The van der Waals surface area contributed by atoms with Crippen molar-refractivity contribution in [2.45, 2.75) is 225 Å². The average Bonchev–Trinajstić information content (AvgIpc) is 3.09. The summed E-state index contributed by atoms with van der Waals surface area (Å²) < 4.78 is 32.5. The van der Waals surface area contributed by atoms with Gasteiger partial charge in [-0.2, -0.15) is 8.42 Å². The smallest absolute Gasteiger partial charge is 0.267 e. The van der Waals surface area contributed by atoms with Crippen LogP contribution in [0, 0.1) is 0 Å². The first kappa shape index (κ1) is 49.5. The van der Waals surface area contributed by atoms with Gasteiger partial charge < -0.3 is 15.5 Å². The number of carbonyl (C=O) groups is 1. The van der Waals surface area contributed by atoms with E-state index < -0.39 is 40.0 Å². The Hall–Kier alpha value is -1.48. The molecule has 0 aromatic rings. The monoisotopic (exact) mass is 740 g/mol. The molecule has 1 amide bonds. The largest absolute Gasteiger partial charge is 0.387 e. The van der Waals surface area contributed by atoms with Gasteiger partial charge in [0.1, 0.15) is 6.10 Å². The van der Waals surface area contributed by atoms with Gasteiger partial charge in [0.15, 0.2) is 0 Å². The van der Waals surface area contributed by atoms with Crippen LogP contribution in [0.4, 0.5) is 0 Å². The number of nitrogens with one attached hydrogen (secondary N) is 1. The molecule has 8 heteroatoms. The summed E-state index contributed by atoms with van der Waals surface area (Å²) in [6.07, 6.45) is 44.9. The van der Waals surface area contributed by atoms with E-state index in [1.807, 2.05) is 0 Å². The Balaban J connectivity index is 4.04. The Morgan fingerprint density at radius 2 is 0.882 bits per heavy atom. The molecule has 0 fully saturated rings. The quantitative estimate of drug-likeness (QED) is 0.0284. The highest BCUT2D eigenvalue weighted by atomic mass is 32.2. The van der Waals surface area contributed by atoms with Gasteiger partial charge in [0.2, 0.25) is 5.91 Å². The van der Waals surface area contributed by atoms with Crippen LogP contribution in [0.5, 0.6) is 0 Å². The molecular formula is C43H81NO6S. The van der Waals surface area contributed by atoms with Crippen LogP contribution in [-0.4, -0.2) is 53.1 Å². The number of hydrogen-bond donors (Lipinski definition) is 4. The molecule has 7 nitrogen and oxygen atoms in total. The lowest BCUT2D eigenvalue weighted by Crippen LogP contribution is -2.50. The van der Waals surface area contributed by atoms with Gasteiger partial charge in [-0.3, -0.25) is 9.35 Å². The molecule has 0 radical (unpaired) electrons. The molecule has 0 spiro atoms. The third-order valence-corrected chi connectivity index (χ3v) is 10.4. The maximum atomic E-state index is 12.6. The topological polar surface area (TPSA) is 124 Å². The normalized spacial score (nSPS) is 14.2. The molecule has 0 saturated heterocycles. The summed E-state index contributed by atoms with van der Waals surface area (Å²) in [4.78, 5) is 12.6. The van der Waals surface area contributed by atoms with E-state index in [1.54, 1.807) is 6.08 Å². The zero-order valence-electron chi connectivity index (χ0n) is 33.1. The summed E-state index contributed by atoms with van der Waals surface area (Å²) in [5, 5.41) is 23.4. The molecule has 0 aromatic heterocycles. The minimum absolute atomic E-state index is 0.274. The van der Waals surface area contributed by atoms with E-state index in [0.29, 0.717) is 12.8 Å². The van der Waals surface area contributed by atoms with Crippen LogP contribution in [0.25, 0.3) is 0 Å². The fourth-order valence-corrected chi connectivity index (χ4v) is 7.10. The number of unbranched alkanes of at least 4 members (excludes halogenated alkanes) is 25. The zero-order valence-corrected chi connectivity index (χ0v) is 33.9. The highest BCUT2D eigenvalue weighted by Crippen LogP contribution is 2.15. The molecule has 0 aromatic carbocycles. The maximum Gasteiger partial charge on any atom is 0.267 e. The molecule has 0 aliphatic rings. The zero-order chi connectivity index (χ0) is 37.7. The van der Waals surface area contributed by atoms with Crippen molar-refractivity contribution < 1.29 is 28.0 Å². The Morgan fingerprint density at radius 1 is 0.529 bits per heavy atom. The first-order chi connectivity index (χ1) is 24.7. The van der Waals surface area contributed by atoms with Crippen molar-refractivity contribution in [3.8, 4) is 0 Å². The highest BCUT2D eigenvalue weighted by molar-refractivity contribution is 7.85. The van der Waals surface area contributed by atoms with E-state index >= 15 is 0 Å². The fourth-order valence-electron chi connectivity index (χ4n) is 6.37. The van der Waals surface area contributed by atoms with Gasteiger partial charge in [0.05, 0.1) is 17.9 Å². The summed E-state index contributed by atoms with van der Waals surface area (Å²) in [5.74, 6) is -1.56. The predicted molar refractivity (Wildman–Crippen MR) is 218 cm³/mol. The summed E-state index contributed by atoms with van der Waals surface area (Å²) in [5.41, 5.74) is 0. The van der Waals surface area contributed by atoms with Gasteiger partial charge in [-0.1, -0.05) is 198 Å². The predicted octanol–water partition coefficient (Wildman–Crippen LogP) is 11.5. The Bertz CT molecular complexity index is 964. The second kappa shape index (κ2) is 36.9. The SMILES string of the molecule is CCCCCCC/C=C/CC/C=C/CC/C=C/C(O)C(CS(=O)(=O)O)NC(=O)C(O)CCCCCCCCCCCCCCCCCCCCC. The third kappa shape index (κ3) is 36.7. The lowest BCUT2D eigenvalue weighted by atomic mass is 10.0. The van der Waals surface area contributed by atoms with E-state index in [-0.39, 0.29) is 6.42 Å². The summed E-state index contributed by atoms with van der Waals surface area (Å²) in [6, 6.07) is -1.25. The summed E-state index contributed by atoms with van der Waals surface area (Å²) in [7, 11) is -4.45. The summed E-state index contributed by atoms with van der Waals surface area (Å²) in [6.45, 7) is 4.50. The number of aliphatic hydroxyl groups is 2. The number of aliphatic hydroxyl groups excluding tert-OH is 2. The fraction of sp³-hybridized carbons (Fsp3) is 0.837. The van der Waals surface area contributed by atoms with Crippen LogP contribution in [0.1, 0.15) is 206 Å². The molecule has 0 saturated carbocycles. The first-order valence-electron chi connectivity index (χ1n) is 21.3. The molecule has 0 aliphatic heterocycles. The van der Waals surface area contributed by atoms with Gasteiger partial charge in [0.25, 0.3) is 10.1 Å². The number of carbonyl (C=O) groups excluding carboxylic acids is 1. The van der Waals surface area contributed by atoms with Crippen molar-refractivity contribution in [2.75, 3.05) is 5.75 Å². The van der Waals surface area contributed by atoms with Crippen molar-refractivity contribution in [2.24, 2.45) is 0 Å². The van der Waals surface area contributed by atoms with Crippen molar-refractivity contribution in [1.29, 1.82) is 0 Å². The van der Waals surface area contributed by atoms with E-state index in [4.69, 9.17) is 0 Å². The highest BCUT2D eigenvalue weighted by Gasteiger charge is 2.27. The van der Waals surface area contributed by atoms with Gasteiger partial charge in [0, 0.05) is 0 Å². The molecule has 0 aliphatic carbocycles. The van der Waals surface area contributed by atoms with Crippen molar-refractivity contribution in [3.63, 3.8) is 0 Å². The van der Waals surface area contributed by atoms with E-state index in [2.05, 4.69) is 43.5 Å².